The Morgan fingerprint density at radius 2 is 1.75 bits per heavy atom. The molecule has 0 spiro atoms. The summed E-state index contributed by atoms with van der Waals surface area (Å²) in [6, 6.07) is 8.15. The minimum absolute atomic E-state index is 0.0198. The van der Waals surface area contributed by atoms with Gasteiger partial charge in [-0.05, 0) is 60.7 Å². The van der Waals surface area contributed by atoms with Gasteiger partial charge in [0.05, 0.1) is 28.9 Å². The zero-order valence-corrected chi connectivity index (χ0v) is 17.4. The Balaban J connectivity index is 2.06. The zero-order chi connectivity index (χ0) is 23.8. The number of allylic oxidation sites excluding steroid dienone is 1. The summed E-state index contributed by atoms with van der Waals surface area (Å²) in [6.45, 7) is 1.48. The number of nitrogens with zero attached hydrogens (tertiary/aromatic N) is 3. The Kier molecular flexibility index (Phi) is 6.20. The van der Waals surface area contributed by atoms with Gasteiger partial charge in [-0.1, -0.05) is 12.1 Å². The molecule has 0 saturated carbocycles. The molecule has 0 N–H and O–H groups in total. The van der Waals surface area contributed by atoms with Crippen LogP contribution in [-0.4, -0.2) is 23.5 Å². The third-order valence-corrected chi connectivity index (χ3v) is 5.59. The molecule has 4 nitrogen and oxygen atoms in total. The Labute approximate surface area is 183 Å². The molecule has 1 aliphatic heterocycles. The van der Waals surface area contributed by atoms with Crippen molar-refractivity contribution in [1.82, 2.24) is 4.90 Å². The molecule has 0 unspecified atom stereocenters. The van der Waals surface area contributed by atoms with E-state index >= 15 is 0 Å². The minimum Gasteiger partial charge on any atom is -0.316 e. The number of hydrogen-bond donors (Lipinski definition) is 0. The molecule has 1 atom stereocenters. The van der Waals surface area contributed by atoms with Crippen LogP contribution in [0.4, 0.5) is 36.8 Å². The number of halogens is 6. The van der Waals surface area contributed by atoms with Crippen LogP contribution in [0.2, 0.25) is 0 Å². The first kappa shape index (κ1) is 23.5. The van der Waals surface area contributed by atoms with Crippen LogP contribution in [-0.2, 0) is 6.18 Å². The van der Waals surface area contributed by atoms with Crippen molar-refractivity contribution in [2.45, 2.75) is 29.5 Å². The van der Waals surface area contributed by atoms with Gasteiger partial charge in [-0.15, -0.1) is 0 Å². The summed E-state index contributed by atoms with van der Waals surface area (Å²) in [6.07, 6.45) is -3.11. The lowest BCUT2D eigenvalue weighted by Gasteiger charge is -2.38. The summed E-state index contributed by atoms with van der Waals surface area (Å²) in [5.41, 5.74) is -5.15. The first-order valence-electron chi connectivity index (χ1n) is 9.04. The number of nitriles is 1. The Morgan fingerprint density at radius 3 is 2.34 bits per heavy atom. The molecular formula is C21H15F6N3OS. The number of benzene rings is 2. The van der Waals surface area contributed by atoms with Crippen molar-refractivity contribution in [1.29, 1.82) is 5.26 Å². The molecule has 11 heteroatoms. The van der Waals surface area contributed by atoms with E-state index in [9.17, 15) is 31.1 Å². The van der Waals surface area contributed by atoms with Gasteiger partial charge in [0, 0.05) is 17.6 Å². The second kappa shape index (κ2) is 8.43. The molecule has 2 aromatic carbocycles. The third kappa shape index (κ3) is 4.85. The van der Waals surface area contributed by atoms with Gasteiger partial charge in [-0.2, -0.15) is 31.6 Å². The van der Waals surface area contributed by atoms with E-state index < -0.39 is 41.1 Å². The summed E-state index contributed by atoms with van der Waals surface area (Å²) >= 11 is -0.400. The number of carbonyl (C=O) groups is 1. The maximum absolute atomic E-state index is 13.1. The number of anilines is 1. The number of urea groups is 1. The average molecular weight is 471 g/mol. The molecule has 0 aliphatic carbocycles. The van der Waals surface area contributed by atoms with Gasteiger partial charge >= 0.3 is 17.7 Å². The van der Waals surface area contributed by atoms with Crippen molar-refractivity contribution >= 4 is 23.5 Å². The second-order valence-corrected chi connectivity index (χ2v) is 8.05. The molecule has 32 heavy (non-hydrogen) atoms. The lowest BCUT2D eigenvalue weighted by Crippen LogP contribution is -2.45. The molecular weight excluding hydrogens is 456 g/mol. The smallest absolute Gasteiger partial charge is 0.316 e. The highest BCUT2D eigenvalue weighted by Gasteiger charge is 2.37. The zero-order valence-electron chi connectivity index (χ0n) is 16.6. The highest BCUT2D eigenvalue weighted by Crippen LogP contribution is 2.43. The van der Waals surface area contributed by atoms with Gasteiger partial charge in [-0.25, -0.2) is 4.79 Å². The molecule has 2 amide bonds. The predicted octanol–water partition coefficient (Wildman–Crippen LogP) is 6.71. The van der Waals surface area contributed by atoms with E-state index in [2.05, 4.69) is 0 Å². The second-order valence-electron chi connectivity index (χ2n) is 6.94. The van der Waals surface area contributed by atoms with Crippen molar-refractivity contribution in [3.05, 3.63) is 70.9 Å². The maximum Gasteiger partial charge on any atom is 0.446 e. The van der Waals surface area contributed by atoms with Gasteiger partial charge in [0.2, 0.25) is 0 Å². The molecule has 0 bridgehead atoms. The SMILES string of the molecule is CC1=C[C@@H](c2ccc(C#N)cc2SC(F)(F)F)N(C)C(=O)N1c1cccc(C(F)(F)F)c1. The monoisotopic (exact) mass is 471 g/mol. The first-order valence-corrected chi connectivity index (χ1v) is 9.86. The number of thioether (sulfide) groups is 1. The van der Waals surface area contributed by atoms with Crippen LogP contribution in [0.3, 0.4) is 0 Å². The largest absolute Gasteiger partial charge is 0.446 e. The molecule has 1 aliphatic rings. The molecule has 168 valence electrons. The van der Waals surface area contributed by atoms with Crippen LogP contribution < -0.4 is 4.90 Å². The van der Waals surface area contributed by atoms with E-state index in [1.807, 2.05) is 0 Å². The third-order valence-electron chi connectivity index (χ3n) is 4.78. The van der Waals surface area contributed by atoms with Gasteiger partial charge in [0.25, 0.3) is 0 Å². The van der Waals surface area contributed by atoms with Gasteiger partial charge < -0.3 is 4.90 Å². The number of hydrogen-bond acceptors (Lipinski definition) is 3. The first-order chi connectivity index (χ1) is 14.8. The van der Waals surface area contributed by atoms with Gasteiger partial charge in [0.15, 0.2) is 0 Å². The van der Waals surface area contributed by atoms with Crippen molar-refractivity contribution in [3.63, 3.8) is 0 Å². The van der Waals surface area contributed by atoms with Crippen molar-refractivity contribution in [2.75, 3.05) is 11.9 Å². The van der Waals surface area contributed by atoms with Crippen LogP contribution in [0.25, 0.3) is 0 Å². The molecule has 0 saturated heterocycles. The minimum atomic E-state index is -4.62. The van der Waals surface area contributed by atoms with E-state index in [-0.39, 0.29) is 27.4 Å². The standard InChI is InChI=1S/C21H15F6N3OS/c1-12-8-17(16-7-6-13(11-28)9-18(16)32-21(25,26)27)29(2)19(31)30(12)15-5-3-4-14(10-15)20(22,23)24/h3-10,17H,1-2H3/t17-/m0/s1. The molecule has 0 fully saturated rings. The van der Waals surface area contributed by atoms with Crippen molar-refractivity contribution in [3.8, 4) is 6.07 Å². The topological polar surface area (TPSA) is 47.3 Å². The van der Waals surface area contributed by atoms with E-state index in [1.165, 1.54) is 44.3 Å². The molecule has 0 radical (unpaired) electrons. The fourth-order valence-corrected chi connectivity index (χ4v) is 4.08. The number of amides is 2. The number of likely N-dealkylation sites (N-methyl/N-ethyl adjacent to an activating group) is 1. The van der Waals surface area contributed by atoms with Gasteiger partial charge in [0.1, 0.15) is 0 Å². The molecule has 2 aromatic rings. The van der Waals surface area contributed by atoms with Crippen LogP contribution in [0, 0.1) is 11.3 Å². The van der Waals surface area contributed by atoms with Gasteiger partial charge in [-0.3, -0.25) is 4.90 Å². The number of carbonyl (C=O) groups excluding carboxylic acids is 1. The Bertz CT molecular complexity index is 1120. The molecule has 1 heterocycles. The van der Waals surface area contributed by atoms with Crippen molar-refractivity contribution < 1.29 is 31.1 Å². The Morgan fingerprint density at radius 1 is 1.06 bits per heavy atom. The molecule has 0 aromatic heterocycles. The number of alkyl halides is 6. The van der Waals surface area contributed by atoms with E-state index in [0.717, 1.165) is 28.0 Å². The van der Waals surface area contributed by atoms with Crippen LogP contribution >= 0.6 is 11.8 Å². The van der Waals surface area contributed by atoms with E-state index in [1.54, 1.807) is 6.07 Å². The fraction of sp³-hybridized carbons (Fsp3) is 0.238. The summed E-state index contributed by atoms with van der Waals surface area (Å²) in [4.78, 5) is 15.0. The van der Waals surface area contributed by atoms with Crippen LogP contribution in [0.1, 0.15) is 29.7 Å². The normalized spacial score (nSPS) is 17.3. The highest BCUT2D eigenvalue weighted by molar-refractivity contribution is 8.00. The Hall–Kier alpha value is -3.13. The van der Waals surface area contributed by atoms with Crippen LogP contribution in [0.15, 0.2) is 59.1 Å². The highest BCUT2D eigenvalue weighted by atomic mass is 32.2. The molecule has 3 rings (SSSR count). The van der Waals surface area contributed by atoms with E-state index in [4.69, 9.17) is 5.26 Å². The lowest BCUT2D eigenvalue weighted by molar-refractivity contribution is -0.137. The summed E-state index contributed by atoms with van der Waals surface area (Å²) in [7, 11) is 1.34. The summed E-state index contributed by atoms with van der Waals surface area (Å²) in [5, 5.41) is 9.03. The quantitative estimate of drug-likeness (QED) is 0.370. The number of rotatable bonds is 3. The fourth-order valence-electron chi connectivity index (χ4n) is 3.34. The van der Waals surface area contributed by atoms with Crippen LogP contribution in [0.5, 0.6) is 0 Å². The maximum atomic E-state index is 13.1. The van der Waals surface area contributed by atoms with E-state index in [0.29, 0.717) is 0 Å². The lowest BCUT2D eigenvalue weighted by atomic mass is 10.0. The summed E-state index contributed by atoms with van der Waals surface area (Å²) in [5.74, 6) is 0. The average Bonchev–Trinajstić information content (AvgIpc) is 2.69. The van der Waals surface area contributed by atoms with Crippen molar-refractivity contribution in [2.24, 2.45) is 0 Å². The predicted molar refractivity (Wildman–Crippen MR) is 107 cm³/mol. The summed E-state index contributed by atoms with van der Waals surface area (Å²) < 4.78 is 78.5.